The highest BCUT2D eigenvalue weighted by molar-refractivity contribution is 6.07. The van der Waals surface area contributed by atoms with Crippen molar-refractivity contribution in [2.75, 3.05) is 13.1 Å². The average molecular weight is 338 g/mol. The van der Waals surface area contributed by atoms with Crippen LogP contribution in [0.25, 0.3) is 21.8 Å². The van der Waals surface area contributed by atoms with Gasteiger partial charge in [-0.2, -0.15) is 5.10 Å². The van der Waals surface area contributed by atoms with E-state index in [9.17, 15) is 9.59 Å². The molecule has 6 nitrogen and oxygen atoms in total. The van der Waals surface area contributed by atoms with E-state index in [1.165, 1.54) is 4.68 Å². The summed E-state index contributed by atoms with van der Waals surface area (Å²) >= 11 is 0. The van der Waals surface area contributed by atoms with Crippen LogP contribution in [0.15, 0.2) is 35.3 Å². The normalized spacial score (nSPS) is 16.0. The molecule has 1 aromatic carbocycles. The molecular formula is C19H22N4O2. The predicted octanol–water partition coefficient (Wildman–Crippen LogP) is 2.15. The molecule has 3 aromatic rings. The third kappa shape index (κ3) is 2.62. The fourth-order valence-electron chi connectivity index (χ4n) is 3.70. The zero-order valence-electron chi connectivity index (χ0n) is 14.6. The van der Waals surface area contributed by atoms with Gasteiger partial charge < -0.3 is 9.47 Å². The van der Waals surface area contributed by atoms with Gasteiger partial charge in [0.2, 0.25) is 5.91 Å². The van der Waals surface area contributed by atoms with Crippen molar-refractivity contribution in [2.24, 2.45) is 13.0 Å². The average Bonchev–Trinajstić information content (AvgIpc) is 2.93. The number of aromatic nitrogens is 3. The number of aryl methyl sites for hydroxylation is 1. The van der Waals surface area contributed by atoms with E-state index in [0.717, 1.165) is 42.2 Å². The van der Waals surface area contributed by atoms with Gasteiger partial charge in [0.05, 0.1) is 6.20 Å². The van der Waals surface area contributed by atoms with E-state index in [1.807, 2.05) is 33.7 Å². The van der Waals surface area contributed by atoms with Crippen molar-refractivity contribution in [3.63, 3.8) is 0 Å². The molecule has 0 spiro atoms. The number of benzene rings is 1. The molecule has 2 aromatic heterocycles. The highest BCUT2D eigenvalue weighted by Gasteiger charge is 2.23. The summed E-state index contributed by atoms with van der Waals surface area (Å²) in [6.45, 7) is 4.02. The molecule has 25 heavy (non-hydrogen) atoms. The Labute approximate surface area is 145 Å². The van der Waals surface area contributed by atoms with Crippen molar-refractivity contribution in [1.82, 2.24) is 19.2 Å². The maximum absolute atomic E-state index is 12.8. The number of carbonyl (C=O) groups is 1. The van der Waals surface area contributed by atoms with Gasteiger partial charge in [-0.15, -0.1) is 0 Å². The summed E-state index contributed by atoms with van der Waals surface area (Å²) < 4.78 is 3.18. The van der Waals surface area contributed by atoms with Gasteiger partial charge in [0.15, 0.2) is 0 Å². The van der Waals surface area contributed by atoms with Crippen molar-refractivity contribution in [2.45, 2.75) is 26.3 Å². The lowest BCUT2D eigenvalue weighted by molar-refractivity contribution is -0.133. The molecule has 130 valence electrons. The maximum Gasteiger partial charge on any atom is 0.291 e. The first-order valence-corrected chi connectivity index (χ1v) is 8.77. The zero-order valence-corrected chi connectivity index (χ0v) is 14.6. The van der Waals surface area contributed by atoms with Gasteiger partial charge in [0, 0.05) is 36.4 Å². The van der Waals surface area contributed by atoms with E-state index in [-0.39, 0.29) is 18.0 Å². The number of rotatable bonds is 2. The smallest absolute Gasteiger partial charge is 0.291 e. The Bertz CT molecular complexity index is 1010. The van der Waals surface area contributed by atoms with Crippen LogP contribution in [0.2, 0.25) is 0 Å². The fraction of sp³-hybridized carbons (Fsp3) is 0.421. The van der Waals surface area contributed by atoms with Gasteiger partial charge >= 0.3 is 0 Å². The van der Waals surface area contributed by atoms with Crippen molar-refractivity contribution < 1.29 is 4.79 Å². The Hall–Kier alpha value is -2.63. The summed E-state index contributed by atoms with van der Waals surface area (Å²) in [4.78, 5) is 27.4. The van der Waals surface area contributed by atoms with Gasteiger partial charge in [-0.25, -0.2) is 4.68 Å². The summed E-state index contributed by atoms with van der Waals surface area (Å²) in [5.74, 6) is 0.754. The Kier molecular flexibility index (Phi) is 3.82. The molecule has 3 heterocycles. The van der Waals surface area contributed by atoms with Gasteiger partial charge in [0.25, 0.3) is 5.56 Å². The predicted molar refractivity (Wildman–Crippen MR) is 97.5 cm³/mol. The lowest BCUT2D eigenvalue weighted by Gasteiger charge is -2.30. The molecule has 1 saturated heterocycles. The molecule has 6 heteroatoms. The molecule has 1 amide bonds. The minimum Gasteiger partial charge on any atom is -0.341 e. The lowest BCUT2D eigenvalue weighted by Crippen LogP contribution is -2.40. The van der Waals surface area contributed by atoms with E-state index in [4.69, 9.17) is 0 Å². The first-order chi connectivity index (χ1) is 12.1. The number of piperidine rings is 1. The topological polar surface area (TPSA) is 60.1 Å². The van der Waals surface area contributed by atoms with Crippen LogP contribution in [0, 0.1) is 5.92 Å². The highest BCUT2D eigenvalue weighted by Crippen LogP contribution is 2.26. The Balaban J connectivity index is 1.81. The molecule has 1 aliphatic heterocycles. The number of fused-ring (bicyclic) bond motifs is 3. The molecule has 4 rings (SSSR count). The number of likely N-dealkylation sites (tertiary alicyclic amines) is 1. The number of amides is 1. The second-order valence-corrected chi connectivity index (χ2v) is 7.00. The van der Waals surface area contributed by atoms with E-state index < -0.39 is 0 Å². The van der Waals surface area contributed by atoms with Crippen LogP contribution in [0.3, 0.4) is 0 Å². The number of hydrogen-bond acceptors (Lipinski definition) is 3. The largest absolute Gasteiger partial charge is 0.341 e. The van der Waals surface area contributed by atoms with E-state index in [0.29, 0.717) is 11.4 Å². The third-order valence-corrected chi connectivity index (χ3v) is 5.30. The first-order valence-electron chi connectivity index (χ1n) is 8.77. The van der Waals surface area contributed by atoms with Crippen LogP contribution < -0.4 is 5.56 Å². The van der Waals surface area contributed by atoms with Gasteiger partial charge in [-0.05, 0) is 24.8 Å². The molecule has 0 radical (unpaired) electrons. The Morgan fingerprint density at radius 3 is 2.68 bits per heavy atom. The summed E-state index contributed by atoms with van der Waals surface area (Å²) in [5.41, 5.74) is 1.28. The van der Waals surface area contributed by atoms with Gasteiger partial charge in [-0.3, -0.25) is 9.59 Å². The summed E-state index contributed by atoms with van der Waals surface area (Å²) in [7, 11) is 1.64. The van der Waals surface area contributed by atoms with Gasteiger partial charge in [0.1, 0.15) is 12.1 Å². The summed E-state index contributed by atoms with van der Waals surface area (Å²) in [6, 6.07) is 7.81. The highest BCUT2D eigenvalue weighted by atomic mass is 16.2. The molecule has 0 atom stereocenters. The van der Waals surface area contributed by atoms with E-state index in [2.05, 4.69) is 12.0 Å². The van der Waals surface area contributed by atoms with Crippen molar-refractivity contribution in [3.8, 4) is 0 Å². The number of nitrogens with zero attached hydrogens (tertiary/aromatic N) is 4. The second-order valence-electron chi connectivity index (χ2n) is 7.00. The molecule has 0 unspecified atom stereocenters. The molecule has 1 aliphatic rings. The Morgan fingerprint density at radius 2 is 1.92 bits per heavy atom. The van der Waals surface area contributed by atoms with Crippen LogP contribution in [0.5, 0.6) is 0 Å². The number of hydrogen-bond donors (Lipinski definition) is 0. The second kappa shape index (κ2) is 6.02. The van der Waals surface area contributed by atoms with Crippen LogP contribution >= 0.6 is 0 Å². The van der Waals surface area contributed by atoms with Crippen molar-refractivity contribution in [3.05, 3.63) is 40.8 Å². The summed E-state index contributed by atoms with van der Waals surface area (Å²) in [6.07, 6.45) is 3.80. The van der Waals surface area contributed by atoms with Crippen molar-refractivity contribution >= 4 is 27.7 Å². The molecule has 0 aliphatic carbocycles. The standard InChI is InChI=1S/C19H22N4O2/c1-13-7-9-22(10-8-13)17(24)12-23-16-6-4-3-5-14(16)15-11-20-21(2)19(25)18(15)23/h3-6,11,13H,7-10,12H2,1-2H3. The van der Waals surface area contributed by atoms with Crippen molar-refractivity contribution in [1.29, 1.82) is 0 Å². The van der Waals surface area contributed by atoms with Gasteiger partial charge in [-0.1, -0.05) is 25.1 Å². The molecule has 0 N–H and O–H groups in total. The minimum atomic E-state index is -0.172. The first kappa shape index (κ1) is 15.9. The Morgan fingerprint density at radius 1 is 1.20 bits per heavy atom. The lowest BCUT2D eigenvalue weighted by atomic mass is 9.99. The zero-order chi connectivity index (χ0) is 17.6. The fourth-order valence-corrected chi connectivity index (χ4v) is 3.70. The van der Waals surface area contributed by atoms with E-state index >= 15 is 0 Å². The SMILES string of the molecule is CC1CCN(C(=O)Cn2c3ccccc3c3cnn(C)c(=O)c32)CC1. The van der Waals surface area contributed by atoms with Crippen LogP contribution in [-0.4, -0.2) is 38.2 Å². The monoisotopic (exact) mass is 338 g/mol. The molecule has 0 saturated carbocycles. The molecular weight excluding hydrogens is 316 g/mol. The van der Waals surface area contributed by atoms with Crippen LogP contribution in [0.1, 0.15) is 19.8 Å². The molecule has 1 fully saturated rings. The quantitative estimate of drug-likeness (QED) is 0.719. The van der Waals surface area contributed by atoms with E-state index in [1.54, 1.807) is 13.2 Å². The maximum atomic E-state index is 12.8. The number of carbonyl (C=O) groups excluding carboxylic acids is 1. The molecule has 0 bridgehead atoms. The number of para-hydroxylation sites is 1. The van der Waals surface area contributed by atoms with Crippen LogP contribution in [0.4, 0.5) is 0 Å². The minimum absolute atomic E-state index is 0.0772. The summed E-state index contributed by atoms with van der Waals surface area (Å²) in [5, 5.41) is 5.91. The third-order valence-electron chi connectivity index (χ3n) is 5.30. The van der Waals surface area contributed by atoms with Crippen LogP contribution in [-0.2, 0) is 18.4 Å².